The van der Waals surface area contributed by atoms with Crippen LogP contribution in [0.5, 0.6) is 0 Å². The van der Waals surface area contributed by atoms with Gasteiger partial charge in [-0.2, -0.15) is 0 Å². The van der Waals surface area contributed by atoms with Crippen molar-refractivity contribution in [2.75, 3.05) is 12.7 Å². The second-order valence-electron chi connectivity index (χ2n) is 8.95. The maximum Gasteiger partial charge on any atom is 0.408 e. The van der Waals surface area contributed by atoms with E-state index in [1.807, 2.05) is 55.5 Å². The molecule has 9 nitrogen and oxygen atoms in total. The Morgan fingerprint density at radius 1 is 1.03 bits per heavy atom. The number of esters is 2. The lowest BCUT2D eigenvalue weighted by atomic mass is 10.2. The number of unbranched alkanes of at least 4 members (excludes halogenated alkanes) is 1. The van der Waals surface area contributed by atoms with Gasteiger partial charge >= 0.3 is 18.0 Å². The van der Waals surface area contributed by atoms with Crippen LogP contribution < -0.4 is 10.6 Å². The molecule has 0 aromatic heterocycles. The van der Waals surface area contributed by atoms with Crippen LogP contribution in [0.3, 0.4) is 0 Å². The van der Waals surface area contributed by atoms with Gasteiger partial charge in [-0.25, -0.2) is 9.59 Å². The highest BCUT2D eigenvalue weighted by atomic mass is 31.2. The monoisotopic (exact) mass is 530 g/mol. The first-order chi connectivity index (χ1) is 17.9. The molecule has 0 radical (unpaired) electrons. The zero-order valence-electron chi connectivity index (χ0n) is 21.1. The molecule has 2 N–H and O–H groups in total. The number of carbonyl (C=O) groups excluding carboxylic acids is 3. The second kappa shape index (κ2) is 14.7. The Balaban J connectivity index is 1.73. The van der Waals surface area contributed by atoms with E-state index in [-0.39, 0.29) is 13.2 Å². The van der Waals surface area contributed by atoms with E-state index in [9.17, 15) is 18.9 Å². The molecule has 2 aromatic rings. The van der Waals surface area contributed by atoms with Crippen molar-refractivity contribution in [2.24, 2.45) is 0 Å². The zero-order chi connectivity index (χ0) is 26.5. The highest BCUT2D eigenvalue weighted by Gasteiger charge is 2.39. The van der Waals surface area contributed by atoms with E-state index in [1.165, 1.54) is 0 Å². The average Bonchev–Trinajstić information content (AvgIpc) is 3.45. The third kappa shape index (κ3) is 9.43. The minimum atomic E-state index is -3.88. The number of carbonyl (C=O) groups is 3. The molecule has 0 saturated carbocycles. The predicted molar refractivity (Wildman–Crippen MR) is 139 cm³/mol. The van der Waals surface area contributed by atoms with Crippen LogP contribution in [0.25, 0.3) is 0 Å². The number of hydrogen-bond acceptors (Lipinski definition) is 8. The first kappa shape index (κ1) is 28.6. The summed E-state index contributed by atoms with van der Waals surface area (Å²) in [5.74, 6) is -2.64. The van der Waals surface area contributed by atoms with E-state index in [4.69, 9.17) is 14.0 Å². The molecule has 1 heterocycles. The summed E-state index contributed by atoms with van der Waals surface area (Å²) in [6.07, 6.45) is 1.66. The molecule has 2 unspecified atom stereocenters. The topological polar surface area (TPSA) is 120 Å². The molecule has 37 heavy (non-hydrogen) atoms. The van der Waals surface area contributed by atoms with Crippen LogP contribution in [-0.2, 0) is 41.4 Å². The van der Waals surface area contributed by atoms with Gasteiger partial charge in [-0.05, 0) is 36.9 Å². The normalized spacial score (nSPS) is 17.4. The summed E-state index contributed by atoms with van der Waals surface area (Å²) in [4.78, 5) is 37.7. The third-order valence-corrected chi connectivity index (χ3v) is 8.61. The largest absolute Gasteiger partial charge is 0.445 e. The molecule has 0 bridgehead atoms. The van der Waals surface area contributed by atoms with Crippen LogP contribution >= 0.6 is 7.37 Å². The molecule has 0 spiro atoms. The minimum absolute atomic E-state index is 0.0348. The highest BCUT2D eigenvalue weighted by molar-refractivity contribution is 7.60. The Bertz CT molecular complexity index is 1060. The first-order valence-electron chi connectivity index (χ1n) is 12.6. The lowest BCUT2D eigenvalue weighted by molar-refractivity contribution is -0.159. The maximum atomic E-state index is 14.2. The van der Waals surface area contributed by atoms with E-state index in [1.54, 1.807) is 12.1 Å². The molecule has 10 heteroatoms. The second-order valence-corrected chi connectivity index (χ2v) is 11.6. The maximum absolute atomic E-state index is 14.2. The van der Waals surface area contributed by atoms with Crippen LogP contribution in [0.2, 0.25) is 0 Å². The van der Waals surface area contributed by atoms with Gasteiger partial charge in [0.25, 0.3) is 0 Å². The summed E-state index contributed by atoms with van der Waals surface area (Å²) in [7, 11) is -3.88. The number of amides is 1. The Morgan fingerprint density at radius 3 is 2.27 bits per heavy atom. The summed E-state index contributed by atoms with van der Waals surface area (Å²) in [5, 5.41) is 5.63. The minimum Gasteiger partial charge on any atom is -0.445 e. The van der Waals surface area contributed by atoms with Crippen molar-refractivity contribution in [2.45, 2.75) is 64.1 Å². The van der Waals surface area contributed by atoms with Crippen molar-refractivity contribution in [3.05, 3.63) is 71.8 Å². The van der Waals surface area contributed by atoms with E-state index in [0.29, 0.717) is 25.8 Å². The van der Waals surface area contributed by atoms with Crippen LogP contribution in [0.4, 0.5) is 4.79 Å². The van der Waals surface area contributed by atoms with Gasteiger partial charge in [0, 0.05) is 0 Å². The fourth-order valence-corrected chi connectivity index (χ4v) is 6.11. The van der Waals surface area contributed by atoms with Gasteiger partial charge in [-0.3, -0.25) is 9.36 Å². The Kier molecular flexibility index (Phi) is 11.3. The van der Waals surface area contributed by atoms with Crippen LogP contribution in [0, 0.1) is 0 Å². The molecule has 1 saturated heterocycles. The van der Waals surface area contributed by atoms with Gasteiger partial charge < -0.3 is 24.6 Å². The summed E-state index contributed by atoms with van der Waals surface area (Å²) in [5.41, 5.74) is 1.55. The van der Waals surface area contributed by atoms with Gasteiger partial charge in [0.2, 0.25) is 7.37 Å². The van der Waals surface area contributed by atoms with E-state index >= 15 is 0 Å². The van der Waals surface area contributed by atoms with E-state index in [2.05, 4.69) is 10.6 Å². The zero-order valence-corrected chi connectivity index (χ0v) is 22.0. The molecule has 2 aromatic carbocycles. The predicted octanol–water partition coefficient (Wildman–Crippen LogP) is 4.75. The SMILES string of the molecule is CCCCC(NC(=O)OCc1ccccc1)P(=O)(CC(=O)OC(=O)[C@@H]1CCCN1)OCc1ccccc1. The Morgan fingerprint density at radius 2 is 1.68 bits per heavy atom. The van der Waals surface area contributed by atoms with Crippen molar-refractivity contribution in [1.29, 1.82) is 0 Å². The standard InChI is InChI=1S/C27H35N2O7P/c1-2-3-16-24(29-27(32)34-18-21-11-6-4-7-12-21)37(33,35-19-22-13-8-5-9-14-22)20-25(30)36-26(31)23-15-10-17-28-23/h4-9,11-14,23-24,28H,2-3,10,15-20H2,1H3,(H,29,32)/t23-,24?,37?/m0/s1. The summed E-state index contributed by atoms with van der Waals surface area (Å²) < 4.78 is 30.4. The molecule has 200 valence electrons. The average molecular weight is 531 g/mol. The number of rotatable bonds is 13. The smallest absolute Gasteiger partial charge is 0.408 e. The quantitative estimate of drug-likeness (QED) is 0.216. The van der Waals surface area contributed by atoms with Gasteiger partial charge in [0.1, 0.15) is 24.6 Å². The summed E-state index contributed by atoms with van der Waals surface area (Å²) in [6.45, 7) is 2.63. The van der Waals surface area contributed by atoms with Crippen molar-refractivity contribution < 1.29 is 32.9 Å². The van der Waals surface area contributed by atoms with Crippen molar-refractivity contribution in [1.82, 2.24) is 10.6 Å². The van der Waals surface area contributed by atoms with E-state index < -0.39 is 43.4 Å². The van der Waals surface area contributed by atoms with Crippen molar-refractivity contribution >= 4 is 25.4 Å². The Labute approximate surface area is 217 Å². The van der Waals surface area contributed by atoms with Gasteiger partial charge in [0.05, 0.1) is 6.61 Å². The number of benzene rings is 2. The van der Waals surface area contributed by atoms with Crippen molar-refractivity contribution in [3.63, 3.8) is 0 Å². The van der Waals surface area contributed by atoms with Gasteiger partial charge in [-0.1, -0.05) is 80.4 Å². The fourth-order valence-electron chi connectivity index (χ4n) is 3.95. The highest BCUT2D eigenvalue weighted by Crippen LogP contribution is 2.53. The van der Waals surface area contributed by atoms with Crippen molar-refractivity contribution in [3.8, 4) is 0 Å². The molecule has 1 fully saturated rings. The van der Waals surface area contributed by atoms with E-state index in [0.717, 1.165) is 24.0 Å². The van der Waals surface area contributed by atoms with Crippen LogP contribution in [0.15, 0.2) is 60.7 Å². The number of nitrogens with one attached hydrogen (secondary N) is 2. The van der Waals surface area contributed by atoms with Crippen LogP contribution in [-0.4, -0.2) is 42.6 Å². The number of hydrogen-bond donors (Lipinski definition) is 2. The molecule has 3 rings (SSSR count). The third-order valence-electron chi connectivity index (χ3n) is 6.00. The first-order valence-corrected chi connectivity index (χ1v) is 14.5. The molecular weight excluding hydrogens is 495 g/mol. The summed E-state index contributed by atoms with van der Waals surface area (Å²) in [6, 6.07) is 17.7. The molecule has 1 aliphatic heterocycles. The van der Waals surface area contributed by atoms with Crippen LogP contribution in [0.1, 0.15) is 50.2 Å². The van der Waals surface area contributed by atoms with Gasteiger partial charge in [-0.15, -0.1) is 0 Å². The lowest BCUT2D eigenvalue weighted by Crippen LogP contribution is -2.38. The fraction of sp³-hybridized carbons (Fsp3) is 0.444. The lowest BCUT2D eigenvalue weighted by Gasteiger charge is -2.27. The van der Waals surface area contributed by atoms with Gasteiger partial charge in [0.15, 0.2) is 0 Å². The Hall–Kier alpha value is -3.00. The molecule has 3 atom stereocenters. The molecule has 1 aliphatic rings. The molecular formula is C27H35N2O7P. The number of alkyl carbamates (subject to hydrolysis) is 1. The molecule has 1 amide bonds. The number of ether oxygens (including phenoxy) is 2. The molecule has 0 aliphatic carbocycles. The summed E-state index contributed by atoms with van der Waals surface area (Å²) >= 11 is 0.